The molecule has 0 aliphatic heterocycles. The Balaban J connectivity index is 1.76. The predicted molar refractivity (Wildman–Crippen MR) is 106 cm³/mol. The highest BCUT2D eigenvalue weighted by Crippen LogP contribution is 2.28. The van der Waals surface area contributed by atoms with Gasteiger partial charge >= 0.3 is 0 Å². The summed E-state index contributed by atoms with van der Waals surface area (Å²) < 4.78 is 0. The summed E-state index contributed by atoms with van der Waals surface area (Å²) in [5, 5.41) is 7.95. The highest BCUT2D eigenvalue weighted by molar-refractivity contribution is 7.14. The Morgan fingerprint density at radius 3 is 2.58 bits per heavy atom. The van der Waals surface area contributed by atoms with E-state index in [2.05, 4.69) is 28.6 Å². The number of rotatable bonds is 4. The van der Waals surface area contributed by atoms with Crippen LogP contribution in [0.3, 0.4) is 0 Å². The smallest absolute Gasteiger partial charge is 0.257 e. The molecule has 6 heteroatoms. The fraction of sp³-hybridized carbons (Fsp3) is 0.150. The molecule has 0 spiro atoms. The second kappa shape index (κ2) is 7.49. The van der Waals surface area contributed by atoms with E-state index in [4.69, 9.17) is 0 Å². The topological polar surface area (TPSA) is 71.1 Å². The summed E-state index contributed by atoms with van der Waals surface area (Å²) in [5.74, 6) is -0.445. The van der Waals surface area contributed by atoms with Gasteiger partial charge in [-0.2, -0.15) is 0 Å². The minimum absolute atomic E-state index is 0.180. The average molecular weight is 365 g/mol. The van der Waals surface area contributed by atoms with E-state index in [9.17, 15) is 9.59 Å². The monoisotopic (exact) mass is 365 g/mol. The van der Waals surface area contributed by atoms with Crippen molar-refractivity contribution in [1.82, 2.24) is 4.98 Å². The number of hydrogen-bond acceptors (Lipinski definition) is 4. The molecule has 0 aliphatic rings. The van der Waals surface area contributed by atoms with Gasteiger partial charge in [-0.25, -0.2) is 4.98 Å². The summed E-state index contributed by atoms with van der Waals surface area (Å²) in [5.41, 5.74) is 5.29. The van der Waals surface area contributed by atoms with Crippen LogP contribution in [0, 0.1) is 13.8 Å². The molecule has 0 unspecified atom stereocenters. The van der Waals surface area contributed by atoms with Gasteiger partial charge in [0.1, 0.15) is 0 Å². The molecule has 2 N–H and O–H groups in total. The van der Waals surface area contributed by atoms with Crippen LogP contribution in [-0.2, 0) is 4.79 Å². The normalized spacial score (nSPS) is 10.4. The molecule has 5 nitrogen and oxygen atoms in total. The Hall–Kier alpha value is -2.99. The van der Waals surface area contributed by atoms with Gasteiger partial charge in [0.05, 0.1) is 5.69 Å². The highest BCUT2D eigenvalue weighted by Gasteiger charge is 2.12. The molecule has 0 saturated carbocycles. The van der Waals surface area contributed by atoms with E-state index in [0.717, 1.165) is 16.8 Å². The van der Waals surface area contributed by atoms with Crippen LogP contribution in [0.5, 0.6) is 0 Å². The van der Waals surface area contributed by atoms with Gasteiger partial charge in [-0.1, -0.05) is 29.8 Å². The number of aromatic nitrogens is 1. The van der Waals surface area contributed by atoms with Crippen LogP contribution in [0.25, 0.3) is 11.3 Å². The van der Waals surface area contributed by atoms with Crippen LogP contribution in [0.15, 0.2) is 47.8 Å². The number of nitrogens with zero attached hydrogens (tertiary/aromatic N) is 1. The van der Waals surface area contributed by atoms with E-state index in [0.29, 0.717) is 16.4 Å². The number of nitrogens with one attached hydrogen (secondary N) is 2. The lowest BCUT2D eigenvalue weighted by molar-refractivity contribution is -0.114. The van der Waals surface area contributed by atoms with Gasteiger partial charge in [0, 0.05) is 29.1 Å². The van der Waals surface area contributed by atoms with Gasteiger partial charge in [-0.05, 0) is 37.6 Å². The Morgan fingerprint density at radius 1 is 1.04 bits per heavy atom. The number of amides is 2. The standard InChI is InChI=1S/C20H19N3O2S/c1-12-7-8-17(13(2)9-12)18-11-26-20(22-18)23-19(25)15-5-4-6-16(10-15)21-14(3)24/h4-11H,1-3H3,(H,21,24)(H,22,23,25). The molecule has 0 bridgehead atoms. The second-order valence-electron chi connectivity index (χ2n) is 6.07. The van der Waals surface area contributed by atoms with Crippen molar-refractivity contribution < 1.29 is 9.59 Å². The van der Waals surface area contributed by atoms with Gasteiger partial charge < -0.3 is 5.32 Å². The third-order valence-electron chi connectivity index (χ3n) is 3.83. The van der Waals surface area contributed by atoms with Crippen LogP contribution in [0.4, 0.5) is 10.8 Å². The molecule has 0 fully saturated rings. The highest BCUT2D eigenvalue weighted by atomic mass is 32.1. The maximum absolute atomic E-state index is 12.5. The molecule has 0 saturated heterocycles. The van der Waals surface area contributed by atoms with Gasteiger partial charge in [-0.15, -0.1) is 11.3 Å². The number of thiazole rings is 1. The molecule has 1 aromatic heterocycles. The summed E-state index contributed by atoms with van der Waals surface area (Å²) in [6.45, 7) is 5.53. The minimum atomic E-state index is -0.265. The molecule has 2 aromatic carbocycles. The number of carbonyl (C=O) groups excluding carboxylic acids is 2. The first kappa shape index (κ1) is 17.8. The lowest BCUT2D eigenvalue weighted by atomic mass is 10.0. The van der Waals surface area contributed by atoms with Crippen molar-refractivity contribution in [1.29, 1.82) is 0 Å². The van der Waals surface area contributed by atoms with E-state index in [1.165, 1.54) is 23.8 Å². The summed E-state index contributed by atoms with van der Waals surface area (Å²) >= 11 is 1.38. The maximum atomic E-state index is 12.5. The fourth-order valence-electron chi connectivity index (χ4n) is 2.67. The molecule has 1 heterocycles. The molecule has 132 valence electrons. The largest absolute Gasteiger partial charge is 0.326 e. The summed E-state index contributed by atoms with van der Waals surface area (Å²) in [6.07, 6.45) is 0. The fourth-order valence-corrected chi connectivity index (χ4v) is 3.37. The quantitative estimate of drug-likeness (QED) is 0.708. The van der Waals surface area contributed by atoms with Crippen molar-refractivity contribution in [2.45, 2.75) is 20.8 Å². The molecular formula is C20H19N3O2S. The van der Waals surface area contributed by atoms with Crippen LogP contribution in [0.1, 0.15) is 28.4 Å². The van der Waals surface area contributed by atoms with Crippen molar-refractivity contribution in [2.75, 3.05) is 10.6 Å². The number of benzene rings is 2. The van der Waals surface area contributed by atoms with Crippen molar-refractivity contribution in [3.05, 3.63) is 64.5 Å². The van der Waals surface area contributed by atoms with Crippen molar-refractivity contribution in [3.8, 4) is 11.3 Å². The number of aryl methyl sites for hydroxylation is 2. The van der Waals surface area contributed by atoms with Crippen molar-refractivity contribution in [3.63, 3.8) is 0 Å². The van der Waals surface area contributed by atoms with E-state index in [-0.39, 0.29) is 11.8 Å². The molecule has 26 heavy (non-hydrogen) atoms. The Bertz CT molecular complexity index is 979. The van der Waals surface area contributed by atoms with Crippen LogP contribution in [0.2, 0.25) is 0 Å². The van der Waals surface area contributed by atoms with Gasteiger partial charge in [0.15, 0.2) is 5.13 Å². The van der Waals surface area contributed by atoms with Crippen LogP contribution in [-0.4, -0.2) is 16.8 Å². The zero-order chi connectivity index (χ0) is 18.7. The second-order valence-corrected chi connectivity index (χ2v) is 6.93. The maximum Gasteiger partial charge on any atom is 0.257 e. The zero-order valence-electron chi connectivity index (χ0n) is 14.8. The van der Waals surface area contributed by atoms with Crippen molar-refractivity contribution in [2.24, 2.45) is 0 Å². The Morgan fingerprint density at radius 2 is 1.85 bits per heavy atom. The average Bonchev–Trinajstić information content (AvgIpc) is 3.02. The van der Waals surface area contributed by atoms with E-state index in [1.54, 1.807) is 24.3 Å². The van der Waals surface area contributed by atoms with Crippen LogP contribution < -0.4 is 10.6 Å². The first-order chi connectivity index (χ1) is 12.4. The number of anilines is 2. The minimum Gasteiger partial charge on any atom is -0.326 e. The molecule has 3 aromatic rings. The number of carbonyl (C=O) groups is 2. The van der Waals surface area contributed by atoms with E-state index >= 15 is 0 Å². The Labute approximate surface area is 156 Å². The molecule has 2 amide bonds. The number of hydrogen-bond donors (Lipinski definition) is 2. The molecule has 0 aliphatic carbocycles. The molecule has 0 radical (unpaired) electrons. The molecular weight excluding hydrogens is 346 g/mol. The van der Waals surface area contributed by atoms with E-state index < -0.39 is 0 Å². The van der Waals surface area contributed by atoms with E-state index in [1.807, 2.05) is 24.4 Å². The first-order valence-corrected chi connectivity index (χ1v) is 9.02. The lowest BCUT2D eigenvalue weighted by Gasteiger charge is -2.06. The molecule has 0 atom stereocenters. The zero-order valence-corrected chi connectivity index (χ0v) is 15.6. The van der Waals surface area contributed by atoms with Crippen molar-refractivity contribution >= 4 is 34.0 Å². The van der Waals surface area contributed by atoms with Gasteiger partial charge in [0.2, 0.25) is 5.91 Å². The summed E-state index contributed by atoms with van der Waals surface area (Å²) in [7, 11) is 0. The third kappa shape index (κ3) is 4.15. The Kier molecular flexibility index (Phi) is 5.14. The van der Waals surface area contributed by atoms with Gasteiger partial charge in [-0.3, -0.25) is 14.9 Å². The predicted octanol–water partition coefficient (Wildman–Crippen LogP) is 4.64. The first-order valence-electron chi connectivity index (χ1n) is 8.14. The SMILES string of the molecule is CC(=O)Nc1cccc(C(=O)Nc2nc(-c3ccc(C)cc3C)cs2)c1. The summed E-state index contributed by atoms with van der Waals surface area (Å²) in [4.78, 5) is 28.1. The van der Waals surface area contributed by atoms with Crippen LogP contribution >= 0.6 is 11.3 Å². The molecule has 3 rings (SSSR count). The third-order valence-corrected chi connectivity index (χ3v) is 4.59. The van der Waals surface area contributed by atoms with Gasteiger partial charge in [0.25, 0.3) is 5.91 Å². The summed E-state index contributed by atoms with van der Waals surface area (Å²) in [6, 6.07) is 13.0. The lowest BCUT2D eigenvalue weighted by Crippen LogP contribution is -2.13.